The maximum Gasteiger partial charge on any atom is 0.146 e. The third-order valence-corrected chi connectivity index (χ3v) is 5.60. The summed E-state index contributed by atoms with van der Waals surface area (Å²) in [5, 5.41) is 8.28. The normalized spacial score (nSPS) is 20.4. The molecule has 0 aliphatic carbocycles. The average molecular weight is 459 g/mol. The van der Waals surface area contributed by atoms with E-state index < -0.39 is 0 Å². The number of rotatable bonds is 15. The molecule has 4 heterocycles. The Labute approximate surface area is 185 Å². The Morgan fingerprint density at radius 1 is 0.900 bits per heavy atom. The van der Waals surface area contributed by atoms with Crippen molar-refractivity contribution in [2.45, 2.75) is 31.5 Å². The summed E-state index contributed by atoms with van der Waals surface area (Å²) in [5.74, 6) is 0. The van der Waals surface area contributed by atoms with Gasteiger partial charge in [0.2, 0.25) is 0 Å². The second-order valence-corrected chi connectivity index (χ2v) is 8.50. The standard InChI is InChI=1S/C13H20O5S.C8H10O2S/c1-14-10-18-12(6-16-7-13-8-17-13)5-15-4-11-2-3-19-9-11;1-2-11-6-7(1)3-9-4-8-5-10-8/h2-3,9,12-13H,4-8,10H2,1H3;1-2,6,8H,3-5H2. The van der Waals surface area contributed by atoms with Crippen molar-refractivity contribution in [2.24, 2.45) is 0 Å². The van der Waals surface area contributed by atoms with Crippen molar-refractivity contribution < 1.29 is 33.2 Å². The molecule has 2 fully saturated rings. The molecule has 2 aliphatic heterocycles. The predicted octanol–water partition coefficient (Wildman–Crippen LogP) is 3.33. The summed E-state index contributed by atoms with van der Waals surface area (Å²) in [7, 11) is 1.60. The lowest BCUT2D eigenvalue weighted by Gasteiger charge is -2.17. The van der Waals surface area contributed by atoms with E-state index in [0.29, 0.717) is 32.5 Å². The smallest absolute Gasteiger partial charge is 0.146 e. The highest BCUT2D eigenvalue weighted by atomic mass is 32.1. The van der Waals surface area contributed by atoms with Gasteiger partial charge in [0.15, 0.2) is 0 Å². The minimum atomic E-state index is -0.114. The van der Waals surface area contributed by atoms with Gasteiger partial charge in [0.1, 0.15) is 25.1 Å². The number of ether oxygens (including phenoxy) is 7. The molecule has 0 amide bonds. The minimum absolute atomic E-state index is 0.114. The van der Waals surface area contributed by atoms with Crippen LogP contribution in [0.4, 0.5) is 0 Å². The van der Waals surface area contributed by atoms with Gasteiger partial charge < -0.3 is 33.2 Å². The molecule has 0 aromatic carbocycles. The molecule has 0 radical (unpaired) electrons. The summed E-state index contributed by atoms with van der Waals surface area (Å²) >= 11 is 3.37. The van der Waals surface area contributed by atoms with E-state index in [1.54, 1.807) is 29.8 Å². The zero-order valence-electron chi connectivity index (χ0n) is 17.2. The molecule has 2 aliphatic rings. The van der Waals surface area contributed by atoms with Crippen LogP contribution in [0, 0.1) is 0 Å². The maximum absolute atomic E-state index is 5.63. The van der Waals surface area contributed by atoms with E-state index in [1.165, 1.54) is 11.1 Å². The minimum Gasteiger partial charge on any atom is -0.376 e. The van der Waals surface area contributed by atoms with E-state index >= 15 is 0 Å². The molecule has 4 rings (SSSR count). The van der Waals surface area contributed by atoms with Gasteiger partial charge >= 0.3 is 0 Å². The summed E-state index contributed by atoms with van der Waals surface area (Å²) in [6.07, 6.45) is 0.542. The molecule has 0 bridgehead atoms. The lowest BCUT2D eigenvalue weighted by molar-refractivity contribution is -0.122. The number of hydrogen-bond donors (Lipinski definition) is 0. The maximum atomic E-state index is 5.63. The molecular formula is C21H30O7S2. The zero-order chi connectivity index (χ0) is 20.9. The van der Waals surface area contributed by atoms with Crippen molar-refractivity contribution >= 4 is 22.7 Å². The van der Waals surface area contributed by atoms with Crippen LogP contribution in [0.5, 0.6) is 0 Å². The predicted molar refractivity (Wildman–Crippen MR) is 115 cm³/mol. The van der Waals surface area contributed by atoms with Crippen molar-refractivity contribution in [3.05, 3.63) is 44.8 Å². The molecule has 0 N–H and O–H groups in total. The summed E-state index contributed by atoms with van der Waals surface area (Å²) < 4.78 is 37.0. The topological polar surface area (TPSA) is 71.2 Å². The van der Waals surface area contributed by atoms with Gasteiger partial charge in [-0.25, -0.2) is 0 Å². The molecule has 3 atom stereocenters. The van der Waals surface area contributed by atoms with Crippen molar-refractivity contribution in [1.29, 1.82) is 0 Å². The monoisotopic (exact) mass is 458 g/mol. The molecule has 3 unspecified atom stereocenters. The zero-order valence-corrected chi connectivity index (χ0v) is 18.9. The van der Waals surface area contributed by atoms with Crippen molar-refractivity contribution in [3.63, 3.8) is 0 Å². The van der Waals surface area contributed by atoms with Crippen LogP contribution in [0.25, 0.3) is 0 Å². The van der Waals surface area contributed by atoms with Crippen LogP contribution >= 0.6 is 22.7 Å². The van der Waals surface area contributed by atoms with E-state index in [9.17, 15) is 0 Å². The second-order valence-electron chi connectivity index (χ2n) is 6.94. The number of hydrogen-bond acceptors (Lipinski definition) is 9. The first-order valence-electron chi connectivity index (χ1n) is 9.92. The first-order chi connectivity index (χ1) is 14.8. The van der Waals surface area contributed by atoms with Gasteiger partial charge in [-0.2, -0.15) is 22.7 Å². The summed E-state index contributed by atoms with van der Waals surface area (Å²) in [4.78, 5) is 0. The molecule has 7 nitrogen and oxygen atoms in total. The van der Waals surface area contributed by atoms with Crippen LogP contribution in [0.2, 0.25) is 0 Å². The van der Waals surface area contributed by atoms with Gasteiger partial charge in [-0.3, -0.25) is 0 Å². The fourth-order valence-electron chi connectivity index (χ4n) is 2.33. The Morgan fingerprint density at radius 2 is 1.47 bits per heavy atom. The molecule has 2 saturated heterocycles. The van der Waals surface area contributed by atoms with Crippen molar-refractivity contribution in [3.8, 4) is 0 Å². The number of methoxy groups -OCH3 is 1. The first kappa shape index (κ1) is 23.8. The van der Waals surface area contributed by atoms with E-state index in [-0.39, 0.29) is 19.0 Å². The third kappa shape index (κ3) is 10.9. The van der Waals surface area contributed by atoms with Crippen molar-refractivity contribution in [2.75, 3.05) is 53.5 Å². The fourth-order valence-corrected chi connectivity index (χ4v) is 3.64. The van der Waals surface area contributed by atoms with Crippen LogP contribution in [-0.2, 0) is 46.4 Å². The molecule has 0 spiro atoms. The van der Waals surface area contributed by atoms with Crippen LogP contribution in [0.15, 0.2) is 33.7 Å². The first-order valence-corrected chi connectivity index (χ1v) is 11.8. The molecule has 168 valence electrons. The third-order valence-electron chi connectivity index (χ3n) is 4.14. The Morgan fingerprint density at radius 3 is 2.00 bits per heavy atom. The van der Waals surface area contributed by atoms with Gasteiger partial charge in [-0.1, -0.05) is 0 Å². The molecule has 2 aromatic rings. The quantitative estimate of drug-likeness (QED) is 0.299. The summed E-state index contributed by atoms with van der Waals surface area (Å²) in [5.41, 5.74) is 2.44. The van der Waals surface area contributed by atoms with Crippen LogP contribution in [-0.4, -0.2) is 71.9 Å². The summed E-state index contributed by atoms with van der Waals surface area (Å²) in [6.45, 7) is 5.61. The number of thiophene rings is 2. The van der Waals surface area contributed by atoms with E-state index in [1.807, 2.05) is 5.38 Å². The van der Waals surface area contributed by atoms with Crippen LogP contribution in [0.1, 0.15) is 11.1 Å². The Kier molecular flexibility index (Phi) is 11.3. The van der Waals surface area contributed by atoms with E-state index in [4.69, 9.17) is 33.2 Å². The highest BCUT2D eigenvalue weighted by molar-refractivity contribution is 7.08. The van der Waals surface area contributed by atoms with E-state index in [2.05, 4.69) is 28.3 Å². The highest BCUT2D eigenvalue weighted by Crippen LogP contribution is 2.12. The highest BCUT2D eigenvalue weighted by Gasteiger charge is 2.23. The van der Waals surface area contributed by atoms with Gasteiger partial charge in [-0.05, 0) is 44.8 Å². The van der Waals surface area contributed by atoms with Gasteiger partial charge in [0.05, 0.1) is 52.9 Å². The SMILES string of the molecule is COCOC(COCc1ccsc1)COCC1CO1.c1cc(COCC2CO2)cs1. The van der Waals surface area contributed by atoms with Crippen molar-refractivity contribution in [1.82, 2.24) is 0 Å². The largest absolute Gasteiger partial charge is 0.376 e. The van der Waals surface area contributed by atoms with E-state index in [0.717, 1.165) is 26.4 Å². The van der Waals surface area contributed by atoms with Crippen LogP contribution in [0.3, 0.4) is 0 Å². The Balaban J connectivity index is 0.000000196. The van der Waals surface area contributed by atoms with Gasteiger partial charge in [0.25, 0.3) is 0 Å². The molecule has 0 saturated carbocycles. The second kappa shape index (κ2) is 14.2. The van der Waals surface area contributed by atoms with Gasteiger partial charge in [-0.15, -0.1) is 0 Å². The average Bonchev–Trinajstić information content (AvgIpc) is 3.65. The van der Waals surface area contributed by atoms with Crippen LogP contribution < -0.4 is 0 Å². The lowest BCUT2D eigenvalue weighted by Crippen LogP contribution is -2.27. The lowest BCUT2D eigenvalue weighted by atomic mass is 10.3. The Bertz CT molecular complexity index is 642. The fraction of sp³-hybridized carbons (Fsp3) is 0.619. The Hall–Kier alpha value is -0.880. The number of epoxide rings is 2. The molecule has 2 aromatic heterocycles. The molecule has 9 heteroatoms. The summed E-state index contributed by atoms with van der Waals surface area (Å²) in [6, 6.07) is 4.13. The molecular weight excluding hydrogens is 428 g/mol. The molecule has 30 heavy (non-hydrogen) atoms. The van der Waals surface area contributed by atoms with Gasteiger partial charge in [0, 0.05) is 7.11 Å².